The van der Waals surface area contributed by atoms with Crippen LogP contribution in [0.5, 0.6) is 5.88 Å². The maximum Gasteiger partial charge on any atom is 0.327 e. The first-order chi connectivity index (χ1) is 16.9. The van der Waals surface area contributed by atoms with E-state index in [1.165, 1.54) is 9.58 Å². The lowest BCUT2D eigenvalue weighted by molar-refractivity contribution is -0.576. The molecule has 0 spiro atoms. The van der Waals surface area contributed by atoms with Crippen molar-refractivity contribution in [1.82, 2.24) is 14.7 Å². The van der Waals surface area contributed by atoms with Gasteiger partial charge < -0.3 is 5.11 Å². The van der Waals surface area contributed by atoms with Crippen molar-refractivity contribution in [3.8, 4) is 11.6 Å². The van der Waals surface area contributed by atoms with Crippen LogP contribution in [0, 0.1) is 0 Å². The highest BCUT2D eigenvalue weighted by atomic mass is 35.5. The van der Waals surface area contributed by atoms with Crippen molar-refractivity contribution in [2.24, 2.45) is 0 Å². The highest BCUT2D eigenvalue weighted by molar-refractivity contribution is 6.45. The molecule has 2 aromatic heterocycles. The third-order valence-electron chi connectivity index (χ3n) is 6.65. The third-order valence-corrected chi connectivity index (χ3v) is 7.39. The standard InChI is InChI=1S/C26H24Cl2N4O3/c1-2-20-21(25(34)32(29-20)17-11-12-18(27)19(28)15-17)22-23(30-13-7-4-8-14-30)26(35)31(24(22)33)16-9-5-3-6-10-16/h4,7-8,11-16H,2-3,5-6,9-10H2,1H3. The fourth-order valence-electron chi connectivity index (χ4n) is 4.95. The van der Waals surface area contributed by atoms with Crippen molar-refractivity contribution < 1.29 is 19.3 Å². The number of nitrogens with zero attached hydrogens (tertiary/aromatic N) is 4. The van der Waals surface area contributed by atoms with Crippen molar-refractivity contribution in [3.05, 3.63) is 70.1 Å². The van der Waals surface area contributed by atoms with E-state index in [1.54, 1.807) is 47.3 Å². The van der Waals surface area contributed by atoms with E-state index in [0.717, 1.165) is 32.1 Å². The van der Waals surface area contributed by atoms with Gasteiger partial charge in [0.15, 0.2) is 12.4 Å². The minimum absolute atomic E-state index is 0.102. The summed E-state index contributed by atoms with van der Waals surface area (Å²) in [6.45, 7) is 1.86. The number of aromatic nitrogens is 3. The van der Waals surface area contributed by atoms with E-state index in [0.29, 0.717) is 22.8 Å². The molecule has 3 aromatic rings. The fraction of sp³-hybridized carbons (Fsp3) is 0.308. The highest BCUT2D eigenvalue weighted by Crippen LogP contribution is 2.40. The molecule has 0 radical (unpaired) electrons. The number of hydrogen-bond donors (Lipinski definition) is 0. The van der Waals surface area contributed by atoms with E-state index in [9.17, 15) is 14.7 Å². The van der Waals surface area contributed by atoms with Crippen molar-refractivity contribution in [3.63, 3.8) is 0 Å². The van der Waals surface area contributed by atoms with Gasteiger partial charge in [0.25, 0.3) is 11.6 Å². The van der Waals surface area contributed by atoms with Crippen LogP contribution < -0.4 is 9.67 Å². The lowest BCUT2D eigenvalue weighted by atomic mass is 9.94. The molecule has 2 aliphatic rings. The van der Waals surface area contributed by atoms with Crippen molar-refractivity contribution in [2.75, 3.05) is 0 Å². The summed E-state index contributed by atoms with van der Waals surface area (Å²) in [5.41, 5.74) is 1.31. The Balaban J connectivity index is 1.71. The molecule has 0 unspecified atom stereocenters. The Morgan fingerprint density at radius 1 is 1.03 bits per heavy atom. The SMILES string of the molecule is CCc1nn(-c2ccc(Cl)c(Cl)c2)c([O-])c1C1=C([n+]2ccccc2)C(=O)N(C2CCCCC2)C1=O. The van der Waals surface area contributed by atoms with E-state index in [2.05, 4.69) is 5.10 Å². The first kappa shape index (κ1) is 23.6. The monoisotopic (exact) mass is 510 g/mol. The zero-order valence-corrected chi connectivity index (χ0v) is 20.7. The molecule has 1 saturated carbocycles. The number of carbonyl (C=O) groups excluding carboxylic acids is 2. The van der Waals surface area contributed by atoms with Crippen LogP contribution in [0.4, 0.5) is 0 Å². The molecule has 1 aliphatic carbocycles. The summed E-state index contributed by atoms with van der Waals surface area (Å²) in [5, 5.41) is 18.9. The number of rotatable bonds is 5. The van der Waals surface area contributed by atoms with Gasteiger partial charge in [0, 0.05) is 23.7 Å². The Morgan fingerprint density at radius 2 is 1.74 bits per heavy atom. The van der Waals surface area contributed by atoms with E-state index < -0.39 is 11.8 Å². The lowest BCUT2D eigenvalue weighted by Gasteiger charge is -2.29. The molecule has 1 fully saturated rings. The normalized spacial score (nSPS) is 17.1. The molecule has 35 heavy (non-hydrogen) atoms. The molecule has 5 rings (SSSR count). The van der Waals surface area contributed by atoms with Gasteiger partial charge in [-0.15, -0.1) is 0 Å². The van der Waals surface area contributed by atoms with E-state index in [4.69, 9.17) is 23.2 Å². The van der Waals surface area contributed by atoms with Crippen LogP contribution in [0.3, 0.4) is 0 Å². The predicted octanol–water partition coefficient (Wildman–Crippen LogP) is 4.17. The van der Waals surface area contributed by atoms with Gasteiger partial charge in [0.2, 0.25) is 0 Å². The molecule has 0 saturated heterocycles. The lowest BCUT2D eigenvalue weighted by Crippen LogP contribution is -2.45. The second-order valence-electron chi connectivity index (χ2n) is 8.77. The molecule has 0 atom stereocenters. The number of benzene rings is 1. The zero-order valence-electron chi connectivity index (χ0n) is 19.2. The van der Waals surface area contributed by atoms with Crippen LogP contribution in [-0.4, -0.2) is 32.5 Å². The average molecular weight is 511 g/mol. The van der Waals surface area contributed by atoms with E-state index in [1.807, 2.05) is 13.0 Å². The summed E-state index contributed by atoms with van der Waals surface area (Å²) in [5.74, 6) is -1.29. The minimum atomic E-state index is -0.476. The topological polar surface area (TPSA) is 82.1 Å². The quantitative estimate of drug-likeness (QED) is 0.380. The van der Waals surface area contributed by atoms with Gasteiger partial charge in [0.05, 0.1) is 21.4 Å². The van der Waals surface area contributed by atoms with Crippen molar-refractivity contribution >= 4 is 46.3 Å². The molecule has 2 amide bonds. The molecule has 3 heterocycles. The largest absolute Gasteiger partial charge is 0.858 e. The summed E-state index contributed by atoms with van der Waals surface area (Å²) in [4.78, 5) is 29.0. The van der Waals surface area contributed by atoms with Gasteiger partial charge in [-0.25, -0.2) is 4.68 Å². The molecular formula is C26H24Cl2N4O3. The van der Waals surface area contributed by atoms with Gasteiger partial charge >= 0.3 is 5.91 Å². The smallest absolute Gasteiger partial charge is 0.327 e. The van der Waals surface area contributed by atoms with Gasteiger partial charge in [-0.2, -0.15) is 9.67 Å². The van der Waals surface area contributed by atoms with E-state index in [-0.39, 0.29) is 33.8 Å². The highest BCUT2D eigenvalue weighted by Gasteiger charge is 2.49. The predicted molar refractivity (Wildman–Crippen MR) is 131 cm³/mol. The van der Waals surface area contributed by atoms with Crippen LogP contribution in [-0.2, 0) is 16.0 Å². The summed E-state index contributed by atoms with van der Waals surface area (Å²) >= 11 is 12.2. The number of aryl methyl sites for hydroxylation is 1. The molecule has 1 aliphatic heterocycles. The van der Waals surface area contributed by atoms with Crippen LogP contribution in [0.1, 0.15) is 50.3 Å². The number of carbonyl (C=O) groups is 2. The van der Waals surface area contributed by atoms with Gasteiger partial charge in [-0.3, -0.25) is 14.5 Å². The minimum Gasteiger partial charge on any atom is -0.858 e. The Hall–Kier alpha value is -3.16. The van der Waals surface area contributed by atoms with Crippen LogP contribution in [0.2, 0.25) is 10.0 Å². The number of amides is 2. The molecule has 180 valence electrons. The summed E-state index contributed by atoms with van der Waals surface area (Å²) in [7, 11) is 0. The maximum atomic E-state index is 13.9. The molecule has 0 bridgehead atoms. The number of halogens is 2. The Bertz CT molecular complexity index is 1340. The second-order valence-corrected chi connectivity index (χ2v) is 9.58. The van der Waals surface area contributed by atoms with Gasteiger partial charge in [-0.1, -0.05) is 55.5 Å². The number of imide groups is 1. The maximum absolute atomic E-state index is 13.9. The Labute approximate surface area is 213 Å². The van der Waals surface area contributed by atoms with Crippen LogP contribution in [0.25, 0.3) is 17.0 Å². The molecule has 9 heteroatoms. The van der Waals surface area contributed by atoms with Crippen molar-refractivity contribution in [2.45, 2.75) is 51.5 Å². The Morgan fingerprint density at radius 3 is 2.40 bits per heavy atom. The van der Waals surface area contributed by atoms with Crippen LogP contribution >= 0.6 is 23.2 Å². The first-order valence-electron chi connectivity index (χ1n) is 11.8. The molecule has 1 aromatic carbocycles. The van der Waals surface area contributed by atoms with Crippen LogP contribution in [0.15, 0.2) is 48.8 Å². The summed E-state index contributed by atoms with van der Waals surface area (Å²) in [6.07, 6.45) is 8.39. The van der Waals surface area contributed by atoms with Gasteiger partial charge in [-0.05, 0) is 43.3 Å². The number of pyridine rings is 1. The first-order valence-corrected chi connectivity index (χ1v) is 12.5. The number of hydrogen-bond acceptors (Lipinski definition) is 4. The molecule has 0 N–H and O–H groups in total. The molecular weight excluding hydrogens is 487 g/mol. The summed E-state index contributed by atoms with van der Waals surface area (Å²) in [6, 6.07) is 10.0. The van der Waals surface area contributed by atoms with Gasteiger partial charge in [0.1, 0.15) is 5.57 Å². The third kappa shape index (κ3) is 4.02. The molecule has 7 nitrogen and oxygen atoms in total. The zero-order chi connectivity index (χ0) is 24.7. The van der Waals surface area contributed by atoms with E-state index >= 15 is 0 Å². The Kier molecular flexibility index (Phi) is 6.38. The second kappa shape index (κ2) is 9.47. The fourth-order valence-corrected chi connectivity index (χ4v) is 5.25. The average Bonchev–Trinajstić information content (AvgIpc) is 3.33. The van der Waals surface area contributed by atoms with Crippen molar-refractivity contribution in [1.29, 1.82) is 0 Å². The summed E-state index contributed by atoms with van der Waals surface area (Å²) < 4.78 is 2.84.